The van der Waals surface area contributed by atoms with Gasteiger partial charge in [0.2, 0.25) is 5.91 Å². The molecule has 1 aliphatic heterocycles. The third kappa shape index (κ3) is 4.82. The number of nitrogens with zero attached hydrogens (tertiary/aromatic N) is 1. The first kappa shape index (κ1) is 19.7. The van der Waals surface area contributed by atoms with E-state index in [1.54, 1.807) is 12.0 Å². The van der Waals surface area contributed by atoms with Crippen LogP contribution < -0.4 is 9.47 Å². The number of aryl methyl sites for hydroxylation is 1. The molecular weight excluding hydrogens is 358 g/mol. The average Bonchev–Trinajstić information content (AvgIpc) is 3.07. The van der Waals surface area contributed by atoms with Crippen LogP contribution in [0.1, 0.15) is 23.1 Å². The number of carbonyl (C=O) groups excluding carboxylic acids is 1. The molecule has 1 N–H and O–H groups in total. The van der Waals surface area contributed by atoms with Crippen LogP contribution in [0, 0.1) is 12.8 Å². The molecule has 0 spiro atoms. The second-order valence-electron chi connectivity index (χ2n) is 7.09. The molecule has 2 aromatic carbocycles. The highest BCUT2D eigenvalue weighted by Gasteiger charge is 2.33. The van der Waals surface area contributed by atoms with Crippen LogP contribution in [-0.2, 0) is 22.6 Å². The van der Waals surface area contributed by atoms with E-state index in [2.05, 4.69) is 0 Å². The number of methoxy groups -OCH3 is 1. The van der Waals surface area contributed by atoms with Crippen molar-refractivity contribution in [2.75, 3.05) is 20.2 Å². The van der Waals surface area contributed by atoms with Crippen LogP contribution in [-0.4, -0.2) is 42.1 Å². The lowest BCUT2D eigenvalue weighted by Gasteiger charge is -2.17. The summed E-state index contributed by atoms with van der Waals surface area (Å²) in [6, 6.07) is 13.9. The van der Waals surface area contributed by atoms with Gasteiger partial charge >= 0.3 is 5.97 Å². The fourth-order valence-electron chi connectivity index (χ4n) is 3.25. The Kier molecular flexibility index (Phi) is 6.19. The summed E-state index contributed by atoms with van der Waals surface area (Å²) in [6.07, 6.45) is 0.719. The van der Waals surface area contributed by atoms with Gasteiger partial charge in [-0.15, -0.1) is 0 Å². The zero-order chi connectivity index (χ0) is 20.1. The number of aliphatic carboxylic acids is 1. The van der Waals surface area contributed by atoms with Crippen molar-refractivity contribution in [3.63, 3.8) is 0 Å². The second-order valence-corrected chi connectivity index (χ2v) is 7.09. The third-order valence-corrected chi connectivity index (χ3v) is 4.98. The van der Waals surface area contributed by atoms with Crippen molar-refractivity contribution in [3.8, 4) is 11.5 Å². The summed E-state index contributed by atoms with van der Waals surface area (Å²) in [5, 5.41) is 9.07. The summed E-state index contributed by atoms with van der Waals surface area (Å²) in [7, 11) is 1.60. The summed E-state index contributed by atoms with van der Waals surface area (Å²) < 4.78 is 11.3. The molecule has 1 unspecified atom stereocenters. The Hall–Kier alpha value is -3.02. The molecule has 28 heavy (non-hydrogen) atoms. The van der Waals surface area contributed by atoms with Crippen molar-refractivity contribution in [1.29, 1.82) is 0 Å². The van der Waals surface area contributed by atoms with Crippen LogP contribution in [0.4, 0.5) is 0 Å². The van der Waals surface area contributed by atoms with Crippen molar-refractivity contribution in [1.82, 2.24) is 4.90 Å². The Labute approximate surface area is 164 Å². The molecule has 0 radical (unpaired) electrons. The highest BCUT2D eigenvalue weighted by atomic mass is 16.5. The number of benzene rings is 2. The number of hydrogen-bond acceptors (Lipinski definition) is 4. The molecule has 148 valence electrons. The molecule has 2 aromatic rings. The summed E-state index contributed by atoms with van der Waals surface area (Å²) in [5.41, 5.74) is 3.29. The maximum absolute atomic E-state index is 11.9. The zero-order valence-corrected chi connectivity index (χ0v) is 16.2. The first-order valence-electron chi connectivity index (χ1n) is 9.32. The Morgan fingerprint density at radius 3 is 2.50 bits per heavy atom. The molecule has 1 atom stereocenters. The summed E-state index contributed by atoms with van der Waals surface area (Å²) >= 11 is 0. The first-order chi connectivity index (χ1) is 13.5. The lowest BCUT2D eigenvalue weighted by molar-refractivity contribution is -0.141. The van der Waals surface area contributed by atoms with Crippen molar-refractivity contribution < 1.29 is 24.2 Å². The minimum atomic E-state index is -0.910. The molecule has 1 heterocycles. The average molecular weight is 383 g/mol. The van der Waals surface area contributed by atoms with Crippen molar-refractivity contribution >= 4 is 11.9 Å². The third-order valence-electron chi connectivity index (χ3n) is 4.98. The number of carboxylic acid groups (broad SMARTS) is 1. The molecule has 0 bridgehead atoms. The molecule has 1 amide bonds. The van der Waals surface area contributed by atoms with Gasteiger partial charge in [0, 0.05) is 19.5 Å². The van der Waals surface area contributed by atoms with Crippen molar-refractivity contribution in [3.05, 3.63) is 59.2 Å². The molecule has 0 aromatic heterocycles. The van der Waals surface area contributed by atoms with Gasteiger partial charge < -0.3 is 19.5 Å². The number of carboxylic acids is 1. The zero-order valence-electron chi connectivity index (χ0n) is 16.2. The standard InChI is InChI=1S/C22H25NO5/c1-15-3-5-17(6-4-15)14-28-19-8-7-16(11-20(19)27-2)9-10-23-13-18(22(25)26)12-21(23)24/h3-8,11,18H,9-10,12-14H2,1-2H3,(H,25,26). The Morgan fingerprint density at radius 2 is 1.86 bits per heavy atom. The monoisotopic (exact) mass is 383 g/mol. The normalized spacial score (nSPS) is 16.3. The molecule has 1 aliphatic rings. The van der Waals surface area contributed by atoms with E-state index in [4.69, 9.17) is 14.6 Å². The van der Waals surface area contributed by atoms with E-state index < -0.39 is 11.9 Å². The largest absolute Gasteiger partial charge is 0.493 e. The maximum Gasteiger partial charge on any atom is 0.308 e. The first-order valence-corrected chi connectivity index (χ1v) is 9.32. The highest BCUT2D eigenvalue weighted by Crippen LogP contribution is 2.29. The Balaban J connectivity index is 1.59. The van der Waals surface area contributed by atoms with Crippen molar-refractivity contribution in [2.24, 2.45) is 5.92 Å². The summed E-state index contributed by atoms with van der Waals surface area (Å²) in [5.74, 6) is -0.305. The van der Waals surface area contributed by atoms with Crippen LogP contribution >= 0.6 is 0 Å². The molecule has 1 fully saturated rings. The number of hydrogen-bond donors (Lipinski definition) is 1. The number of rotatable bonds is 8. The van der Waals surface area contributed by atoms with E-state index in [1.165, 1.54) is 5.56 Å². The second kappa shape index (κ2) is 8.78. The Bertz CT molecular complexity index is 847. The van der Waals surface area contributed by atoms with E-state index in [0.717, 1.165) is 11.1 Å². The summed E-state index contributed by atoms with van der Waals surface area (Å²) in [4.78, 5) is 24.6. The van der Waals surface area contributed by atoms with Crippen molar-refractivity contribution in [2.45, 2.75) is 26.4 Å². The van der Waals surface area contributed by atoms with Crippen LogP contribution in [0.3, 0.4) is 0 Å². The smallest absolute Gasteiger partial charge is 0.308 e. The van der Waals surface area contributed by atoms with Gasteiger partial charge in [-0.25, -0.2) is 0 Å². The lowest BCUT2D eigenvalue weighted by atomic mass is 10.1. The van der Waals surface area contributed by atoms with E-state index in [9.17, 15) is 9.59 Å². The minimum Gasteiger partial charge on any atom is -0.493 e. The van der Waals surface area contributed by atoms with Gasteiger partial charge in [-0.05, 0) is 36.6 Å². The predicted molar refractivity (Wildman–Crippen MR) is 105 cm³/mol. The van der Waals surface area contributed by atoms with E-state index in [1.807, 2.05) is 49.4 Å². The molecular formula is C22H25NO5. The van der Waals surface area contributed by atoms with Crippen LogP contribution in [0.2, 0.25) is 0 Å². The lowest BCUT2D eigenvalue weighted by Crippen LogP contribution is -2.28. The molecule has 0 aliphatic carbocycles. The van der Waals surface area contributed by atoms with Gasteiger partial charge in [-0.2, -0.15) is 0 Å². The quantitative estimate of drug-likeness (QED) is 0.758. The molecule has 0 saturated carbocycles. The van der Waals surface area contributed by atoms with Crippen LogP contribution in [0.5, 0.6) is 11.5 Å². The van der Waals surface area contributed by atoms with Gasteiger partial charge in [0.25, 0.3) is 0 Å². The van der Waals surface area contributed by atoms with Gasteiger partial charge in [-0.3, -0.25) is 9.59 Å². The predicted octanol–water partition coefficient (Wildman–Crippen LogP) is 3.06. The number of amides is 1. The fourth-order valence-corrected chi connectivity index (χ4v) is 3.25. The maximum atomic E-state index is 11.9. The van der Waals surface area contributed by atoms with Gasteiger partial charge in [-0.1, -0.05) is 35.9 Å². The summed E-state index contributed by atoms with van der Waals surface area (Å²) in [6.45, 7) is 3.27. The fraction of sp³-hybridized carbons (Fsp3) is 0.364. The van der Waals surface area contributed by atoms with Crippen LogP contribution in [0.25, 0.3) is 0 Å². The topological polar surface area (TPSA) is 76.1 Å². The van der Waals surface area contributed by atoms with Gasteiger partial charge in [0.1, 0.15) is 6.61 Å². The molecule has 6 nitrogen and oxygen atoms in total. The number of likely N-dealkylation sites (tertiary alicyclic amines) is 1. The number of carbonyl (C=O) groups is 2. The van der Waals surface area contributed by atoms with E-state index in [-0.39, 0.29) is 18.9 Å². The minimum absolute atomic E-state index is 0.0877. The molecule has 6 heteroatoms. The molecule has 3 rings (SSSR count). The van der Waals surface area contributed by atoms with Crippen LogP contribution in [0.15, 0.2) is 42.5 Å². The van der Waals surface area contributed by atoms with E-state index in [0.29, 0.717) is 31.1 Å². The SMILES string of the molecule is COc1cc(CCN2CC(C(=O)O)CC2=O)ccc1OCc1ccc(C)cc1. The molecule has 1 saturated heterocycles. The van der Waals surface area contributed by atoms with E-state index >= 15 is 0 Å². The van der Waals surface area contributed by atoms with Gasteiger partial charge in [0.05, 0.1) is 13.0 Å². The highest BCUT2D eigenvalue weighted by molar-refractivity contribution is 5.86. The number of ether oxygens (including phenoxy) is 2. The Morgan fingerprint density at radius 1 is 1.14 bits per heavy atom. The van der Waals surface area contributed by atoms with Gasteiger partial charge in [0.15, 0.2) is 11.5 Å².